The van der Waals surface area contributed by atoms with Crippen LogP contribution in [0.15, 0.2) is 42.5 Å². The minimum absolute atomic E-state index is 0.286. The molecule has 0 spiro atoms. The SMILES string of the molecule is Clc1ccc2c(c1)NC1SCc3ccccc3N21. The van der Waals surface area contributed by atoms with Gasteiger partial charge in [-0.05, 0) is 29.8 Å². The van der Waals surface area contributed by atoms with Gasteiger partial charge in [0.25, 0.3) is 0 Å². The van der Waals surface area contributed by atoms with E-state index in [9.17, 15) is 0 Å². The van der Waals surface area contributed by atoms with Crippen LogP contribution in [0.1, 0.15) is 5.56 Å². The van der Waals surface area contributed by atoms with Crippen molar-refractivity contribution in [2.75, 3.05) is 10.2 Å². The lowest BCUT2D eigenvalue weighted by atomic mass is 10.1. The molecule has 1 N–H and O–H groups in total. The molecule has 1 atom stereocenters. The molecular weight excluding hydrogens is 264 g/mol. The summed E-state index contributed by atoms with van der Waals surface area (Å²) in [6, 6.07) is 14.6. The zero-order chi connectivity index (χ0) is 12.1. The number of hydrogen-bond donors (Lipinski definition) is 1. The molecule has 1 unspecified atom stereocenters. The standard InChI is InChI=1S/C14H11ClN2S/c15-10-5-6-13-11(7-10)16-14-17(13)12-4-2-1-3-9(12)8-18-14/h1-7,14,16H,8H2. The highest BCUT2D eigenvalue weighted by molar-refractivity contribution is 7.99. The van der Waals surface area contributed by atoms with Crippen LogP contribution < -0.4 is 10.2 Å². The number of hydrogen-bond acceptors (Lipinski definition) is 3. The van der Waals surface area contributed by atoms with Gasteiger partial charge in [-0.3, -0.25) is 0 Å². The van der Waals surface area contributed by atoms with Crippen LogP contribution in [-0.2, 0) is 5.75 Å². The van der Waals surface area contributed by atoms with Crippen molar-refractivity contribution in [1.29, 1.82) is 0 Å². The van der Waals surface area contributed by atoms with Gasteiger partial charge in [0.2, 0.25) is 0 Å². The van der Waals surface area contributed by atoms with E-state index in [4.69, 9.17) is 11.6 Å². The van der Waals surface area contributed by atoms with E-state index in [0.29, 0.717) is 0 Å². The maximum Gasteiger partial charge on any atom is 0.153 e. The number of thioether (sulfide) groups is 1. The lowest BCUT2D eigenvalue weighted by Gasteiger charge is -2.32. The Hall–Kier alpha value is -1.32. The van der Waals surface area contributed by atoms with Gasteiger partial charge in [0.05, 0.1) is 11.4 Å². The molecule has 0 amide bonds. The highest BCUT2D eigenvalue weighted by atomic mass is 35.5. The minimum atomic E-state index is 0.286. The van der Waals surface area contributed by atoms with E-state index >= 15 is 0 Å². The molecule has 0 fully saturated rings. The first-order valence-corrected chi connectivity index (χ1v) is 7.30. The Balaban J connectivity index is 1.90. The third-order valence-electron chi connectivity index (χ3n) is 3.38. The van der Waals surface area contributed by atoms with E-state index < -0.39 is 0 Å². The summed E-state index contributed by atoms with van der Waals surface area (Å²) in [6.07, 6.45) is 0. The molecule has 0 bridgehead atoms. The molecule has 90 valence electrons. The molecule has 0 radical (unpaired) electrons. The molecule has 4 heteroatoms. The molecular formula is C14H11ClN2S. The van der Waals surface area contributed by atoms with E-state index in [1.165, 1.54) is 16.9 Å². The summed E-state index contributed by atoms with van der Waals surface area (Å²) in [4.78, 5) is 2.36. The van der Waals surface area contributed by atoms with Crippen molar-refractivity contribution in [3.05, 3.63) is 53.1 Å². The van der Waals surface area contributed by atoms with Gasteiger partial charge in [0, 0.05) is 16.5 Å². The van der Waals surface area contributed by atoms with Crippen molar-refractivity contribution < 1.29 is 0 Å². The predicted molar refractivity (Wildman–Crippen MR) is 78.7 cm³/mol. The average molecular weight is 275 g/mol. The van der Waals surface area contributed by atoms with E-state index in [2.05, 4.69) is 40.5 Å². The second-order valence-corrected chi connectivity index (χ2v) is 5.97. The highest BCUT2D eigenvalue weighted by Gasteiger charge is 2.34. The third kappa shape index (κ3) is 1.44. The van der Waals surface area contributed by atoms with Gasteiger partial charge in [-0.2, -0.15) is 0 Å². The molecule has 0 saturated heterocycles. The third-order valence-corrected chi connectivity index (χ3v) is 4.74. The number of nitrogens with one attached hydrogen (secondary N) is 1. The molecule has 0 saturated carbocycles. The van der Waals surface area contributed by atoms with Crippen molar-refractivity contribution in [2.45, 2.75) is 11.3 Å². The average Bonchev–Trinajstić information content (AvgIpc) is 2.76. The molecule has 2 aromatic rings. The predicted octanol–water partition coefficient (Wildman–Crippen LogP) is 4.43. The van der Waals surface area contributed by atoms with Crippen molar-refractivity contribution in [1.82, 2.24) is 0 Å². The van der Waals surface area contributed by atoms with Crippen molar-refractivity contribution >= 4 is 40.4 Å². The Kier molecular flexibility index (Phi) is 2.26. The Labute approximate surface area is 115 Å². The van der Waals surface area contributed by atoms with Gasteiger partial charge in [-0.1, -0.05) is 29.8 Å². The van der Waals surface area contributed by atoms with Crippen LogP contribution in [0.4, 0.5) is 17.1 Å². The molecule has 2 nitrogen and oxygen atoms in total. The molecule has 2 aliphatic rings. The van der Waals surface area contributed by atoms with Crippen LogP contribution in [0.2, 0.25) is 5.02 Å². The largest absolute Gasteiger partial charge is 0.355 e. The zero-order valence-electron chi connectivity index (χ0n) is 9.56. The lowest BCUT2D eigenvalue weighted by Crippen LogP contribution is -2.32. The second kappa shape index (κ2) is 3.84. The first-order valence-electron chi connectivity index (χ1n) is 5.88. The summed E-state index contributed by atoms with van der Waals surface area (Å²) in [7, 11) is 0. The van der Waals surface area contributed by atoms with Gasteiger partial charge in [0.1, 0.15) is 0 Å². The number of rotatable bonds is 0. The maximum absolute atomic E-state index is 6.06. The lowest BCUT2D eigenvalue weighted by molar-refractivity contribution is 0.995. The van der Waals surface area contributed by atoms with Crippen molar-refractivity contribution in [2.24, 2.45) is 0 Å². The number of benzene rings is 2. The van der Waals surface area contributed by atoms with Crippen LogP contribution >= 0.6 is 23.4 Å². The Morgan fingerprint density at radius 2 is 2.06 bits per heavy atom. The molecule has 2 aromatic carbocycles. The highest BCUT2D eigenvalue weighted by Crippen LogP contribution is 2.49. The monoisotopic (exact) mass is 274 g/mol. The quantitative estimate of drug-likeness (QED) is 0.765. The first kappa shape index (κ1) is 10.6. The second-order valence-electron chi connectivity index (χ2n) is 4.47. The van der Waals surface area contributed by atoms with E-state index in [1.54, 1.807) is 0 Å². The molecule has 0 aromatic heterocycles. The summed E-state index contributed by atoms with van der Waals surface area (Å²) in [5.41, 5.74) is 5.31. The summed E-state index contributed by atoms with van der Waals surface area (Å²) < 4.78 is 0. The molecule has 4 rings (SSSR count). The fraction of sp³-hybridized carbons (Fsp3) is 0.143. The Morgan fingerprint density at radius 3 is 3.00 bits per heavy atom. The van der Waals surface area contributed by atoms with Crippen LogP contribution in [-0.4, -0.2) is 5.50 Å². The van der Waals surface area contributed by atoms with E-state index in [-0.39, 0.29) is 5.50 Å². The normalized spacial score (nSPS) is 19.8. The number of halogens is 1. The van der Waals surface area contributed by atoms with Crippen molar-refractivity contribution in [3.63, 3.8) is 0 Å². The summed E-state index contributed by atoms with van der Waals surface area (Å²) in [6.45, 7) is 0. The van der Waals surface area contributed by atoms with Crippen molar-refractivity contribution in [3.8, 4) is 0 Å². The number of anilines is 3. The first-order chi connectivity index (χ1) is 8.83. The van der Waals surface area contributed by atoms with Gasteiger partial charge in [-0.15, -0.1) is 11.8 Å². The van der Waals surface area contributed by atoms with E-state index in [0.717, 1.165) is 16.5 Å². The fourth-order valence-corrected chi connectivity index (χ4v) is 3.91. The minimum Gasteiger partial charge on any atom is -0.355 e. The summed E-state index contributed by atoms with van der Waals surface area (Å²) >= 11 is 7.97. The molecule has 2 heterocycles. The van der Waals surface area contributed by atoms with Crippen LogP contribution in [0.25, 0.3) is 0 Å². The summed E-state index contributed by atoms with van der Waals surface area (Å²) in [5, 5.41) is 4.30. The van der Waals surface area contributed by atoms with E-state index in [1.807, 2.05) is 23.9 Å². The number of para-hydroxylation sites is 1. The number of fused-ring (bicyclic) bond motifs is 5. The van der Waals surface area contributed by atoms with Crippen LogP contribution in [0.5, 0.6) is 0 Å². The van der Waals surface area contributed by atoms with Gasteiger partial charge in [0.15, 0.2) is 5.50 Å². The topological polar surface area (TPSA) is 15.3 Å². The molecule has 18 heavy (non-hydrogen) atoms. The van der Waals surface area contributed by atoms with Crippen LogP contribution in [0, 0.1) is 0 Å². The van der Waals surface area contributed by atoms with Gasteiger partial charge >= 0.3 is 0 Å². The zero-order valence-corrected chi connectivity index (χ0v) is 11.1. The maximum atomic E-state index is 6.06. The number of nitrogens with zero attached hydrogens (tertiary/aromatic N) is 1. The Morgan fingerprint density at radius 1 is 1.17 bits per heavy atom. The smallest absolute Gasteiger partial charge is 0.153 e. The Bertz CT molecular complexity index is 629. The van der Waals surface area contributed by atoms with Crippen LogP contribution in [0.3, 0.4) is 0 Å². The molecule has 0 aliphatic carbocycles. The summed E-state index contributed by atoms with van der Waals surface area (Å²) in [5.74, 6) is 1.05. The van der Waals surface area contributed by atoms with Gasteiger partial charge in [-0.25, -0.2) is 0 Å². The molecule has 2 aliphatic heterocycles. The fourth-order valence-electron chi connectivity index (χ4n) is 2.57. The van der Waals surface area contributed by atoms with Gasteiger partial charge < -0.3 is 10.2 Å².